The van der Waals surface area contributed by atoms with Gasteiger partial charge in [-0.2, -0.15) is 5.26 Å². The summed E-state index contributed by atoms with van der Waals surface area (Å²) in [4.78, 5) is 0. The van der Waals surface area contributed by atoms with Crippen LogP contribution in [0.25, 0.3) is 0 Å². The monoisotopic (exact) mass is 279 g/mol. The highest BCUT2D eigenvalue weighted by atomic mass is 79.9. The number of nitriles is 1. The van der Waals surface area contributed by atoms with Gasteiger partial charge in [0.05, 0.1) is 23.6 Å². The van der Waals surface area contributed by atoms with Crippen molar-refractivity contribution >= 4 is 15.9 Å². The summed E-state index contributed by atoms with van der Waals surface area (Å²) in [5, 5.41) is 8.79. The van der Waals surface area contributed by atoms with E-state index in [1.165, 1.54) is 12.8 Å². The fourth-order valence-corrected chi connectivity index (χ4v) is 2.39. The topological polar surface area (TPSA) is 33.0 Å². The molecule has 1 aromatic rings. The summed E-state index contributed by atoms with van der Waals surface area (Å²) in [7, 11) is 0. The van der Waals surface area contributed by atoms with Crippen molar-refractivity contribution in [3.63, 3.8) is 0 Å². The Morgan fingerprint density at radius 2 is 2.25 bits per heavy atom. The number of rotatable bonds is 4. The second-order valence-electron chi connectivity index (χ2n) is 4.32. The van der Waals surface area contributed by atoms with Crippen LogP contribution < -0.4 is 4.74 Å². The van der Waals surface area contributed by atoms with Gasteiger partial charge >= 0.3 is 0 Å². The van der Waals surface area contributed by atoms with E-state index in [4.69, 9.17) is 10.00 Å². The molecule has 2 rings (SSSR count). The minimum Gasteiger partial charge on any atom is -0.492 e. The van der Waals surface area contributed by atoms with Crippen LogP contribution in [0.1, 0.15) is 24.0 Å². The van der Waals surface area contributed by atoms with Gasteiger partial charge in [-0.15, -0.1) is 0 Å². The second kappa shape index (κ2) is 4.88. The molecule has 0 atom stereocenters. The van der Waals surface area contributed by atoms with Crippen molar-refractivity contribution in [1.29, 1.82) is 5.26 Å². The smallest absolute Gasteiger partial charge is 0.137 e. The molecule has 0 saturated heterocycles. The maximum Gasteiger partial charge on any atom is 0.137 e. The first-order valence-electron chi connectivity index (χ1n) is 5.49. The molecule has 0 amide bonds. The van der Waals surface area contributed by atoms with E-state index < -0.39 is 0 Å². The molecule has 16 heavy (non-hydrogen) atoms. The number of ether oxygens (including phenoxy) is 1. The quantitative estimate of drug-likeness (QED) is 0.844. The largest absolute Gasteiger partial charge is 0.492 e. The molecular weight excluding hydrogens is 266 g/mol. The number of nitrogens with zero attached hydrogens (tertiary/aromatic N) is 1. The van der Waals surface area contributed by atoms with Crippen LogP contribution in [-0.4, -0.2) is 6.61 Å². The standard InChI is InChI=1S/C13H14BrNO/c1-9-6-11(4-5-15)13(12(14)7-9)16-8-10-2-3-10/h6-7,10H,2-4,8H2,1H3. The normalized spacial score (nSPS) is 14.6. The lowest BCUT2D eigenvalue weighted by atomic mass is 10.1. The molecule has 0 heterocycles. The Kier molecular flexibility index (Phi) is 3.50. The maximum absolute atomic E-state index is 8.79. The minimum atomic E-state index is 0.403. The first kappa shape index (κ1) is 11.5. The predicted octanol–water partition coefficient (Wildman–Crippen LogP) is 3.61. The van der Waals surface area contributed by atoms with Crippen molar-refractivity contribution in [2.24, 2.45) is 5.92 Å². The zero-order chi connectivity index (χ0) is 11.5. The minimum absolute atomic E-state index is 0.403. The van der Waals surface area contributed by atoms with Crippen LogP contribution in [0.15, 0.2) is 16.6 Å². The van der Waals surface area contributed by atoms with E-state index in [9.17, 15) is 0 Å². The molecule has 0 unspecified atom stereocenters. The van der Waals surface area contributed by atoms with E-state index in [0.717, 1.165) is 33.9 Å². The summed E-state index contributed by atoms with van der Waals surface area (Å²) in [6.07, 6.45) is 2.95. The Hall–Kier alpha value is -1.01. The molecule has 1 aliphatic rings. The van der Waals surface area contributed by atoms with E-state index in [-0.39, 0.29) is 0 Å². The zero-order valence-corrected chi connectivity index (χ0v) is 10.9. The number of benzene rings is 1. The Bertz CT molecular complexity index is 432. The molecule has 0 radical (unpaired) electrons. The molecule has 1 fully saturated rings. The van der Waals surface area contributed by atoms with Gasteiger partial charge in [0.2, 0.25) is 0 Å². The van der Waals surface area contributed by atoms with Crippen LogP contribution in [0.4, 0.5) is 0 Å². The summed E-state index contributed by atoms with van der Waals surface area (Å²) in [5.74, 6) is 1.57. The molecule has 84 valence electrons. The van der Waals surface area contributed by atoms with Gasteiger partial charge in [-0.25, -0.2) is 0 Å². The summed E-state index contributed by atoms with van der Waals surface area (Å²) >= 11 is 3.50. The van der Waals surface area contributed by atoms with Gasteiger partial charge in [-0.05, 0) is 53.2 Å². The van der Waals surface area contributed by atoms with Gasteiger partial charge in [0.25, 0.3) is 0 Å². The van der Waals surface area contributed by atoms with Crippen LogP contribution >= 0.6 is 15.9 Å². The van der Waals surface area contributed by atoms with Crippen LogP contribution in [-0.2, 0) is 6.42 Å². The van der Waals surface area contributed by atoms with Crippen LogP contribution in [0.2, 0.25) is 0 Å². The van der Waals surface area contributed by atoms with Crippen molar-refractivity contribution in [3.05, 3.63) is 27.7 Å². The number of hydrogen-bond acceptors (Lipinski definition) is 2. The second-order valence-corrected chi connectivity index (χ2v) is 5.18. The summed E-state index contributed by atoms with van der Waals surface area (Å²) < 4.78 is 6.76. The Labute approximate surface area is 104 Å². The van der Waals surface area contributed by atoms with E-state index in [1.807, 2.05) is 19.1 Å². The Morgan fingerprint density at radius 3 is 2.88 bits per heavy atom. The van der Waals surface area contributed by atoms with Crippen LogP contribution in [0.5, 0.6) is 5.75 Å². The van der Waals surface area contributed by atoms with Gasteiger partial charge in [0, 0.05) is 5.56 Å². The highest BCUT2D eigenvalue weighted by Crippen LogP contribution is 2.34. The third-order valence-electron chi connectivity index (χ3n) is 2.69. The van der Waals surface area contributed by atoms with Gasteiger partial charge < -0.3 is 4.74 Å². The highest BCUT2D eigenvalue weighted by molar-refractivity contribution is 9.10. The van der Waals surface area contributed by atoms with Crippen molar-refractivity contribution in [2.75, 3.05) is 6.61 Å². The SMILES string of the molecule is Cc1cc(Br)c(OCC2CC2)c(CC#N)c1. The molecule has 0 spiro atoms. The van der Waals surface area contributed by atoms with Crippen LogP contribution in [0.3, 0.4) is 0 Å². The lowest BCUT2D eigenvalue weighted by Gasteiger charge is -2.12. The molecule has 0 aliphatic heterocycles. The molecule has 3 heteroatoms. The first-order valence-corrected chi connectivity index (χ1v) is 6.28. The predicted molar refractivity (Wildman–Crippen MR) is 66.4 cm³/mol. The molecule has 2 nitrogen and oxygen atoms in total. The van der Waals surface area contributed by atoms with Crippen molar-refractivity contribution in [3.8, 4) is 11.8 Å². The molecule has 0 bridgehead atoms. The van der Waals surface area contributed by atoms with Crippen molar-refractivity contribution in [2.45, 2.75) is 26.2 Å². The van der Waals surface area contributed by atoms with Crippen molar-refractivity contribution < 1.29 is 4.74 Å². The third-order valence-corrected chi connectivity index (χ3v) is 3.28. The van der Waals surface area contributed by atoms with Crippen molar-refractivity contribution in [1.82, 2.24) is 0 Å². The zero-order valence-electron chi connectivity index (χ0n) is 9.29. The number of hydrogen-bond donors (Lipinski definition) is 0. The number of aryl methyl sites for hydroxylation is 1. The average Bonchev–Trinajstić information content (AvgIpc) is 3.00. The van der Waals surface area contributed by atoms with Gasteiger partial charge in [-0.1, -0.05) is 6.07 Å². The fourth-order valence-electron chi connectivity index (χ4n) is 1.66. The Morgan fingerprint density at radius 1 is 1.50 bits per heavy atom. The van der Waals surface area contributed by atoms with E-state index in [1.54, 1.807) is 0 Å². The molecule has 1 saturated carbocycles. The average molecular weight is 280 g/mol. The molecule has 1 aliphatic carbocycles. The summed E-state index contributed by atoms with van der Waals surface area (Å²) in [5.41, 5.74) is 2.13. The summed E-state index contributed by atoms with van der Waals surface area (Å²) in [6.45, 7) is 2.80. The molecule has 0 N–H and O–H groups in total. The Balaban J connectivity index is 2.21. The molecule has 0 aromatic heterocycles. The highest BCUT2D eigenvalue weighted by Gasteiger charge is 2.23. The van der Waals surface area contributed by atoms with E-state index in [2.05, 4.69) is 22.0 Å². The molecular formula is C13H14BrNO. The van der Waals surface area contributed by atoms with Gasteiger partial charge in [0.1, 0.15) is 5.75 Å². The third kappa shape index (κ3) is 2.76. The van der Waals surface area contributed by atoms with E-state index >= 15 is 0 Å². The van der Waals surface area contributed by atoms with Crippen LogP contribution in [0, 0.1) is 24.2 Å². The first-order chi connectivity index (χ1) is 7.70. The van der Waals surface area contributed by atoms with Gasteiger partial charge in [0.15, 0.2) is 0 Å². The van der Waals surface area contributed by atoms with Gasteiger partial charge in [-0.3, -0.25) is 0 Å². The van der Waals surface area contributed by atoms with E-state index in [0.29, 0.717) is 6.42 Å². The molecule has 1 aromatic carbocycles. The summed E-state index contributed by atoms with van der Waals surface area (Å²) in [6, 6.07) is 6.24. The number of halogens is 1. The maximum atomic E-state index is 8.79. The lowest BCUT2D eigenvalue weighted by molar-refractivity contribution is 0.295. The lowest BCUT2D eigenvalue weighted by Crippen LogP contribution is -2.03. The fraction of sp³-hybridized carbons (Fsp3) is 0.462.